The first-order valence-electron chi connectivity index (χ1n) is 10.4. The van der Waals surface area contributed by atoms with E-state index >= 15 is 0 Å². The molecule has 0 saturated carbocycles. The number of nitrogens with zero attached hydrogens (tertiary/aromatic N) is 4. The maximum absolute atomic E-state index is 13.6. The molecule has 0 fully saturated rings. The van der Waals surface area contributed by atoms with E-state index in [9.17, 15) is 13.6 Å². The summed E-state index contributed by atoms with van der Waals surface area (Å²) in [4.78, 5) is 24.0. The van der Waals surface area contributed by atoms with Crippen LogP contribution in [0, 0.1) is 11.6 Å². The molecule has 0 radical (unpaired) electrons. The third-order valence-corrected chi connectivity index (χ3v) is 5.90. The SMILES string of the molecule is Nc1cccc(CN2C(=O)C3=C(CCN(Cc4cc(F)cc(F)c4)C3)N3CCN=C23)c1. The summed E-state index contributed by atoms with van der Waals surface area (Å²) in [5.74, 6) is -0.546. The van der Waals surface area contributed by atoms with Crippen molar-refractivity contribution in [3.8, 4) is 0 Å². The number of guanidine groups is 1. The van der Waals surface area contributed by atoms with E-state index in [1.165, 1.54) is 12.1 Å². The Morgan fingerprint density at radius 1 is 1.00 bits per heavy atom. The van der Waals surface area contributed by atoms with E-state index in [0.29, 0.717) is 56.4 Å². The number of hydrogen-bond donors (Lipinski definition) is 1. The number of rotatable bonds is 4. The van der Waals surface area contributed by atoms with Gasteiger partial charge in [-0.25, -0.2) is 8.78 Å². The molecule has 0 aliphatic carbocycles. The number of halogens is 2. The number of nitrogens with two attached hydrogens (primary N) is 1. The second-order valence-corrected chi connectivity index (χ2v) is 8.13. The fraction of sp³-hybridized carbons (Fsp3) is 0.304. The fourth-order valence-corrected chi connectivity index (χ4v) is 4.59. The third kappa shape index (κ3) is 3.79. The first-order valence-corrected chi connectivity index (χ1v) is 10.4. The van der Waals surface area contributed by atoms with Crippen LogP contribution in [0.1, 0.15) is 17.5 Å². The van der Waals surface area contributed by atoms with Crippen molar-refractivity contribution >= 4 is 17.6 Å². The number of aliphatic imine (C=N–C) groups is 1. The Balaban J connectivity index is 1.40. The van der Waals surface area contributed by atoms with Crippen molar-refractivity contribution in [1.82, 2.24) is 14.7 Å². The third-order valence-electron chi connectivity index (χ3n) is 5.90. The van der Waals surface area contributed by atoms with Crippen LogP contribution in [0.15, 0.2) is 58.7 Å². The summed E-state index contributed by atoms with van der Waals surface area (Å²) < 4.78 is 27.2. The van der Waals surface area contributed by atoms with E-state index in [2.05, 4.69) is 14.8 Å². The molecule has 2 aromatic rings. The van der Waals surface area contributed by atoms with Crippen molar-refractivity contribution in [2.24, 2.45) is 4.99 Å². The van der Waals surface area contributed by atoms with E-state index in [1.54, 1.807) is 4.90 Å². The molecule has 8 heteroatoms. The molecule has 3 heterocycles. The molecule has 0 saturated heterocycles. The number of benzene rings is 2. The van der Waals surface area contributed by atoms with E-state index in [4.69, 9.17) is 5.73 Å². The molecule has 0 spiro atoms. The summed E-state index contributed by atoms with van der Waals surface area (Å²) in [5.41, 5.74) is 9.81. The zero-order chi connectivity index (χ0) is 21.5. The van der Waals surface area contributed by atoms with E-state index < -0.39 is 11.6 Å². The molecular weight excluding hydrogens is 400 g/mol. The van der Waals surface area contributed by atoms with Gasteiger partial charge < -0.3 is 10.6 Å². The summed E-state index contributed by atoms with van der Waals surface area (Å²) in [6.07, 6.45) is 0.698. The highest BCUT2D eigenvalue weighted by Gasteiger charge is 2.40. The van der Waals surface area contributed by atoms with Gasteiger partial charge in [-0.1, -0.05) is 12.1 Å². The highest BCUT2D eigenvalue weighted by Crippen LogP contribution is 2.32. The van der Waals surface area contributed by atoms with Crippen LogP contribution in [0.4, 0.5) is 14.5 Å². The number of carbonyl (C=O) groups is 1. The van der Waals surface area contributed by atoms with Crippen molar-refractivity contribution in [1.29, 1.82) is 0 Å². The Labute approximate surface area is 179 Å². The predicted octanol–water partition coefficient (Wildman–Crippen LogP) is 2.72. The van der Waals surface area contributed by atoms with Crippen LogP contribution in [0.25, 0.3) is 0 Å². The van der Waals surface area contributed by atoms with Gasteiger partial charge >= 0.3 is 0 Å². The van der Waals surface area contributed by atoms with Crippen molar-refractivity contribution in [3.05, 3.63) is 76.5 Å². The predicted molar refractivity (Wildman–Crippen MR) is 114 cm³/mol. The Bertz CT molecular complexity index is 1090. The van der Waals surface area contributed by atoms with Crippen molar-refractivity contribution in [2.45, 2.75) is 19.5 Å². The number of fused-ring (bicyclic) bond motifs is 2. The molecule has 0 unspecified atom stereocenters. The minimum Gasteiger partial charge on any atom is -0.399 e. The van der Waals surface area contributed by atoms with Crippen LogP contribution >= 0.6 is 0 Å². The number of carbonyl (C=O) groups excluding carboxylic acids is 1. The van der Waals surface area contributed by atoms with Gasteiger partial charge in [-0.05, 0) is 35.4 Å². The lowest BCUT2D eigenvalue weighted by Crippen LogP contribution is -2.53. The van der Waals surface area contributed by atoms with Gasteiger partial charge in [-0.15, -0.1) is 0 Å². The van der Waals surface area contributed by atoms with E-state index in [1.807, 2.05) is 24.3 Å². The second-order valence-electron chi connectivity index (χ2n) is 8.13. The standard InChI is InChI=1S/C23H23F2N5O/c24-17-8-16(9-18(25)11-17)12-28-6-4-21-20(14-28)22(31)30(23-27-5-7-29(21)23)13-15-2-1-3-19(26)10-15/h1-3,8-11H,4-7,12-14,26H2. The van der Waals surface area contributed by atoms with Gasteiger partial charge in [0, 0.05) is 50.1 Å². The number of hydrogen-bond acceptors (Lipinski definition) is 5. The molecular formula is C23H23F2N5O. The highest BCUT2D eigenvalue weighted by molar-refractivity contribution is 6.09. The fourth-order valence-electron chi connectivity index (χ4n) is 4.59. The number of anilines is 1. The van der Waals surface area contributed by atoms with Crippen molar-refractivity contribution < 1.29 is 13.6 Å². The van der Waals surface area contributed by atoms with Crippen molar-refractivity contribution in [3.63, 3.8) is 0 Å². The van der Waals surface area contributed by atoms with Crippen LogP contribution in [0.3, 0.4) is 0 Å². The lowest BCUT2D eigenvalue weighted by molar-refractivity contribution is -0.125. The zero-order valence-corrected chi connectivity index (χ0v) is 17.0. The largest absolute Gasteiger partial charge is 0.399 e. The molecule has 5 rings (SSSR count). The molecule has 6 nitrogen and oxygen atoms in total. The van der Waals surface area contributed by atoms with Crippen LogP contribution < -0.4 is 5.73 Å². The van der Waals surface area contributed by atoms with Crippen molar-refractivity contribution in [2.75, 3.05) is 31.9 Å². The first kappa shape index (κ1) is 19.7. The normalized spacial score (nSPS) is 18.9. The molecule has 2 aromatic carbocycles. The summed E-state index contributed by atoms with van der Waals surface area (Å²) >= 11 is 0. The summed E-state index contributed by atoms with van der Waals surface area (Å²) in [6, 6.07) is 11.0. The molecule has 2 N–H and O–H groups in total. The Hall–Kier alpha value is -3.26. The van der Waals surface area contributed by atoms with E-state index in [-0.39, 0.29) is 5.91 Å². The quantitative estimate of drug-likeness (QED) is 0.768. The maximum Gasteiger partial charge on any atom is 0.259 e. The van der Waals surface area contributed by atoms with Gasteiger partial charge in [0.15, 0.2) is 0 Å². The Kier molecular flexibility index (Phi) is 4.94. The lowest BCUT2D eigenvalue weighted by Gasteiger charge is -2.42. The summed E-state index contributed by atoms with van der Waals surface area (Å²) in [7, 11) is 0. The topological polar surface area (TPSA) is 65.2 Å². The van der Waals surface area contributed by atoms with Crippen LogP contribution in [0.5, 0.6) is 0 Å². The minimum atomic E-state index is -0.591. The molecule has 1 amide bonds. The highest BCUT2D eigenvalue weighted by atomic mass is 19.1. The summed E-state index contributed by atoms with van der Waals surface area (Å²) in [6.45, 7) is 3.33. The molecule has 0 bridgehead atoms. The van der Waals surface area contributed by atoms with Gasteiger partial charge in [-0.3, -0.25) is 19.6 Å². The average molecular weight is 423 g/mol. The smallest absolute Gasteiger partial charge is 0.259 e. The van der Waals surface area contributed by atoms with Crippen LogP contribution in [-0.4, -0.2) is 52.7 Å². The van der Waals surface area contributed by atoms with Gasteiger partial charge in [-0.2, -0.15) is 0 Å². The molecule has 3 aliphatic heterocycles. The molecule has 3 aliphatic rings. The molecule has 0 aromatic heterocycles. The first-order chi connectivity index (χ1) is 15.0. The minimum absolute atomic E-state index is 0.0653. The number of amides is 1. The molecule has 160 valence electrons. The van der Waals surface area contributed by atoms with Gasteiger partial charge in [0.1, 0.15) is 11.6 Å². The zero-order valence-electron chi connectivity index (χ0n) is 17.0. The maximum atomic E-state index is 13.6. The van der Waals surface area contributed by atoms with Crippen LogP contribution in [-0.2, 0) is 17.9 Å². The molecule has 0 atom stereocenters. The lowest BCUT2D eigenvalue weighted by atomic mass is 10.00. The van der Waals surface area contributed by atoms with Gasteiger partial charge in [0.2, 0.25) is 5.96 Å². The molecule has 31 heavy (non-hydrogen) atoms. The van der Waals surface area contributed by atoms with Gasteiger partial charge in [0.25, 0.3) is 5.91 Å². The summed E-state index contributed by atoms with van der Waals surface area (Å²) in [5, 5.41) is 0. The Morgan fingerprint density at radius 3 is 2.58 bits per heavy atom. The Morgan fingerprint density at radius 2 is 1.81 bits per heavy atom. The second kappa shape index (κ2) is 7.77. The average Bonchev–Trinajstić information content (AvgIpc) is 3.20. The van der Waals surface area contributed by atoms with Crippen LogP contribution in [0.2, 0.25) is 0 Å². The number of nitrogen functional groups attached to an aromatic ring is 1. The van der Waals surface area contributed by atoms with E-state index in [0.717, 1.165) is 29.4 Å². The van der Waals surface area contributed by atoms with Gasteiger partial charge in [0.05, 0.1) is 18.7 Å². The monoisotopic (exact) mass is 423 g/mol.